The lowest BCUT2D eigenvalue weighted by atomic mass is 9.98. The van der Waals surface area contributed by atoms with Gasteiger partial charge in [-0.2, -0.15) is 0 Å². The molecule has 2 aromatic rings. The number of imidazole rings is 1. The number of fused-ring (bicyclic) bond motifs is 1. The fourth-order valence-electron chi connectivity index (χ4n) is 2.86. The van der Waals surface area contributed by atoms with Crippen LogP contribution in [0.3, 0.4) is 0 Å². The maximum atomic E-state index is 5.44. The summed E-state index contributed by atoms with van der Waals surface area (Å²) < 4.78 is 2.17. The van der Waals surface area contributed by atoms with Gasteiger partial charge in [0, 0.05) is 30.3 Å². The fraction of sp³-hybridized carbons (Fsp3) is 0.353. The number of hydrogen-bond acceptors (Lipinski definition) is 2. The van der Waals surface area contributed by atoms with Crippen molar-refractivity contribution >= 4 is 5.69 Å². The van der Waals surface area contributed by atoms with E-state index in [1.165, 1.54) is 23.2 Å². The maximum absolute atomic E-state index is 5.44. The first kappa shape index (κ1) is 12.8. The molecule has 0 aliphatic carbocycles. The number of benzene rings is 1. The van der Waals surface area contributed by atoms with Gasteiger partial charge in [-0.25, -0.2) is 4.98 Å². The predicted molar refractivity (Wildman–Crippen MR) is 82.6 cm³/mol. The summed E-state index contributed by atoms with van der Waals surface area (Å²) in [5.74, 6) is 2.73. The van der Waals surface area contributed by atoms with E-state index < -0.39 is 0 Å². The van der Waals surface area contributed by atoms with Gasteiger partial charge in [-0.05, 0) is 25.3 Å². The largest absolute Gasteiger partial charge is 0.384 e. The molecular weight excluding hydrogens is 246 g/mol. The molecule has 3 rings (SSSR count). The van der Waals surface area contributed by atoms with Gasteiger partial charge < -0.3 is 9.88 Å². The van der Waals surface area contributed by atoms with E-state index in [1.807, 2.05) is 12.5 Å². The summed E-state index contributed by atoms with van der Waals surface area (Å²) in [5, 5.41) is 3.54. The SMILES string of the molecule is C#CCC(C)n1cncc1-c1cccc2c1NCCC2. The maximum Gasteiger partial charge on any atom is 0.0953 e. The summed E-state index contributed by atoms with van der Waals surface area (Å²) in [5.41, 5.74) is 5.02. The Morgan fingerprint density at radius 3 is 3.25 bits per heavy atom. The molecule has 3 heteroatoms. The number of rotatable bonds is 3. The number of terminal acetylenes is 1. The molecule has 20 heavy (non-hydrogen) atoms. The van der Waals surface area contributed by atoms with Crippen LogP contribution in [0.15, 0.2) is 30.7 Å². The summed E-state index contributed by atoms with van der Waals surface area (Å²) in [6.07, 6.45) is 12.3. The van der Waals surface area contributed by atoms with E-state index in [0.717, 1.165) is 18.7 Å². The van der Waals surface area contributed by atoms with Crippen LogP contribution in [0.1, 0.15) is 31.4 Å². The van der Waals surface area contributed by atoms with Crippen molar-refractivity contribution in [1.82, 2.24) is 9.55 Å². The molecule has 1 aliphatic rings. The number of nitrogens with one attached hydrogen (secondary N) is 1. The number of hydrogen-bond donors (Lipinski definition) is 1. The van der Waals surface area contributed by atoms with Crippen LogP contribution < -0.4 is 5.32 Å². The molecule has 1 unspecified atom stereocenters. The van der Waals surface area contributed by atoms with Crippen molar-refractivity contribution in [1.29, 1.82) is 0 Å². The standard InChI is InChI=1S/C17H19N3/c1-3-6-13(2)20-12-18-11-16(20)15-9-4-7-14-8-5-10-19-17(14)15/h1,4,7,9,11-13,19H,5-6,8,10H2,2H3. The van der Waals surface area contributed by atoms with Crippen molar-refractivity contribution in [2.24, 2.45) is 0 Å². The van der Waals surface area contributed by atoms with Gasteiger partial charge in [-0.15, -0.1) is 12.3 Å². The van der Waals surface area contributed by atoms with Gasteiger partial charge >= 0.3 is 0 Å². The highest BCUT2D eigenvalue weighted by Crippen LogP contribution is 2.34. The number of anilines is 1. The van der Waals surface area contributed by atoms with Crippen molar-refractivity contribution < 1.29 is 0 Å². The molecule has 1 aliphatic heterocycles. The molecule has 0 spiro atoms. The number of para-hydroxylation sites is 1. The molecule has 2 heterocycles. The van der Waals surface area contributed by atoms with Crippen LogP contribution in [0.2, 0.25) is 0 Å². The zero-order valence-electron chi connectivity index (χ0n) is 11.8. The van der Waals surface area contributed by atoms with Crippen LogP contribution in [0.25, 0.3) is 11.3 Å². The highest BCUT2D eigenvalue weighted by molar-refractivity contribution is 5.79. The van der Waals surface area contributed by atoms with E-state index in [4.69, 9.17) is 6.42 Å². The minimum atomic E-state index is 0.261. The summed E-state index contributed by atoms with van der Waals surface area (Å²) in [7, 11) is 0. The summed E-state index contributed by atoms with van der Waals surface area (Å²) >= 11 is 0. The lowest BCUT2D eigenvalue weighted by Crippen LogP contribution is -2.13. The average Bonchev–Trinajstić information content (AvgIpc) is 2.96. The lowest BCUT2D eigenvalue weighted by molar-refractivity contribution is 0.567. The molecule has 1 N–H and O–H groups in total. The summed E-state index contributed by atoms with van der Waals surface area (Å²) in [4.78, 5) is 4.32. The third kappa shape index (κ3) is 2.18. The Morgan fingerprint density at radius 2 is 2.40 bits per heavy atom. The van der Waals surface area contributed by atoms with Crippen molar-refractivity contribution in [2.75, 3.05) is 11.9 Å². The molecule has 0 saturated heterocycles. The number of aryl methyl sites for hydroxylation is 1. The Balaban J connectivity index is 2.07. The second kappa shape index (κ2) is 5.42. The highest BCUT2D eigenvalue weighted by Gasteiger charge is 2.17. The summed E-state index contributed by atoms with van der Waals surface area (Å²) in [6.45, 7) is 3.17. The Hall–Kier alpha value is -2.21. The molecule has 0 saturated carbocycles. The van der Waals surface area contributed by atoms with E-state index >= 15 is 0 Å². The zero-order chi connectivity index (χ0) is 13.9. The molecular formula is C17H19N3. The van der Waals surface area contributed by atoms with Crippen molar-refractivity contribution in [3.05, 3.63) is 36.3 Å². The van der Waals surface area contributed by atoms with Crippen molar-refractivity contribution in [3.63, 3.8) is 0 Å². The molecule has 1 aromatic carbocycles. The minimum Gasteiger partial charge on any atom is -0.384 e. The molecule has 0 fully saturated rings. The Labute approximate surface area is 120 Å². The van der Waals surface area contributed by atoms with Crippen LogP contribution in [-0.2, 0) is 6.42 Å². The number of nitrogens with zero attached hydrogens (tertiary/aromatic N) is 2. The smallest absolute Gasteiger partial charge is 0.0953 e. The molecule has 3 nitrogen and oxygen atoms in total. The van der Waals surface area contributed by atoms with Crippen molar-refractivity contribution in [2.45, 2.75) is 32.2 Å². The first-order valence-corrected chi connectivity index (χ1v) is 7.12. The Morgan fingerprint density at radius 1 is 1.50 bits per heavy atom. The quantitative estimate of drug-likeness (QED) is 0.861. The third-order valence-electron chi connectivity index (χ3n) is 3.91. The van der Waals surface area contributed by atoms with E-state index in [1.54, 1.807) is 0 Å². The van der Waals surface area contributed by atoms with Crippen LogP contribution in [-0.4, -0.2) is 16.1 Å². The second-order valence-electron chi connectivity index (χ2n) is 5.31. The third-order valence-corrected chi connectivity index (χ3v) is 3.91. The molecule has 102 valence electrons. The van der Waals surface area contributed by atoms with Crippen LogP contribution in [0, 0.1) is 12.3 Å². The highest BCUT2D eigenvalue weighted by atomic mass is 15.1. The minimum absolute atomic E-state index is 0.261. The monoisotopic (exact) mass is 265 g/mol. The van der Waals surface area contributed by atoms with Crippen molar-refractivity contribution in [3.8, 4) is 23.6 Å². The molecule has 0 amide bonds. The average molecular weight is 265 g/mol. The normalized spacial score (nSPS) is 15.0. The Bertz CT molecular complexity index is 648. The lowest BCUT2D eigenvalue weighted by Gasteiger charge is -2.22. The van der Waals surface area contributed by atoms with Gasteiger partial charge in [0.15, 0.2) is 0 Å². The van der Waals surface area contributed by atoms with Crippen LogP contribution >= 0.6 is 0 Å². The van der Waals surface area contributed by atoms with Gasteiger partial charge in [0.05, 0.1) is 18.2 Å². The first-order chi connectivity index (χ1) is 9.81. The molecule has 1 atom stereocenters. The first-order valence-electron chi connectivity index (χ1n) is 7.12. The van der Waals surface area contributed by atoms with E-state index in [2.05, 4.69) is 45.9 Å². The van der Waals surface area contributed by atoms with E-state index in [0.29, 0.717) is 6.42 Å². The second-order valence-corrected chi connectivity index (χ2v) is 5.31. The fourth-order valence-corrected chi connectivity index (χ4v) is 2.86. The molecule has 1 aromatic heterocycles. The molecule has 0 bridgehead atoms. The van der Waals surface area contributed by atoms with E-state index in [9.17, 15) is 0 Å². The van der Waals surface area contributed by atoms with Crippen LogP contribution in [0.4, 0.5) is 5.69 Å². The zero-order valence-corrected chi connectivity index (χ0v) is 11.8. The topological polar surface area (TPSA) is 29.9 Å². The van der Waals surface area contributed by atoms with Gasteiger partial charge in [0.25, 0.3) is 0 Å². The Kier molecular flexibility index (Phi) is 3.47. The van der Waals surface area contributed by atoms with Gasteiger partial charge in [-0.1, -0.05) is 18.2 Å². The van der Waals surface area contributed by atoms with E-state index in [-0.39, 0.29) is 6.04 Å². The van der Waals surface area contributed by atoms with Crippen LogP contribution in [0.5, 0.6) is 0 Å². The van der Waals surface area contributed by atoms with Gasteiger partial charge in [-0.3, -0.25) is 0 Å². The number of aromatic nitrogens is 2. The van der Waals surface area contributed by atoms with Gasteiger partial charge in [0.2, 0.25) is 0 Å². The summed E-state index contributed by atoms with van der Waals surface area (Å²) in [6, 6.07) is 6.76. The predicted octanol–water partition coefficient (Wildman–Crippen LogP) is 3.49. The molecule has 0 radical (unpaired) electrons. The van der Waals surface area contributed by atoms with Gasteiger partial charge in [0.1, 0.15) is 0 Å².